The Hall–Kier alpha value is -4.44. The number of hydrogen-bond acceptors (Lipinski definition) is 4. The van der Waals surface area contributed by atoms with Gasteiger partial charge in [0, 0.05) is 0 Å². The minimum atomic E-state index is 0.861. The molecule has 0 heterocycles. The minimum absolute atomic E-state index is 0.861. The lowest BCUT2D eigenvalue weighted by Gasteiger charge is -2.11. The number of ether oxygens (including phenoxy) is 4. The zero-order valence-electron chi connectivity index (χ0n) is 24.6. The van der Waals surface area contributed by atoms with E-state index in [0.29, 0.717) is 0 Å². The Labute approximate surface area is 244 Å². The number of allylic oxidation sites excluding steroid dienone is 2. The average Bonchev–Trinajstić information content (AvgIpc) is 3.04. The second kappa shape index (κ2) is 15.4. The van der Waals surface area contributed by atoms with Gasteiger partial charge in [-0.3, -0.25) is 0 Å². The molecule has 0 radical (unpaired) electrons. The molecular weight excluding hydrogens is 508 g/mol. The van der Waals surface area contributed by atoms with Crippen molar-refractivity contribution in [1.82, 2.24) is 0 Å². The highest BCUT2D eigenvalue weighted by atomic mass is 16.5. The standard InChI is InChI=1S/C37H40O4/c1-38-32-20-12-28(13-21-32)36(29-14-22-33(39-2)23-15-29)10-8-6-5-7-9-11-37(30-16-24-34(40-3)25-17-30)31-18-26-35(41-4)27-19-31/h10-27H,5-9H2,1-4H3. The summed E-state index contributed by atoms with van der Waals surface area (Å²) in [6.07, 6.45) is 10.2. The van der Waals surface area contributed by atoms with Crippen molar-refractivity contribution < 1.29 is 18.9 Å². The molecule has 4 rings (SSSR count). The Kier molecular flexibility index (Phi) is 11.1. The number of unbranched alkanes of at least 4 members (excludes halogenated alkanes) is 4. The maximum Gasteiger partial charge on any atom is 0.118 e. The van der Waals surface area contributed by atoms with Gasteiger partial charge in [0.1, 0.15) is 23.0 Å². The van der Waals surface area contributed by atoms with E-state index >= 15 is 0 Å². The first kappa shape index (κ1) is 29.5. The molecule has 0 saturated heterocycles. The summed E-state index contributed by atoms with van der Waals surface area (Å²) in [5.74, 6) is 3.44. The summed E-state index contributed by atoms with van der Waals surface area (Å²) >= 11 is 0. The molecule has 0 saturated carbocycles. The van der Waals surface area contributed by atoms with E-state index < -0.39 is 0 Å². The van der Waals surface area contributed by atoms with Crippen LogP contribution in [0.1, 0.15) is 54.4 Å². The van der Waals surface area contributed by atoms with Crippen molar-refractivity contribution in [3.05, 3.63) is 131 Å². The molecule has 4 nitrogen and oxygen atoms in total. The average molecular weight is 549 g/mol. The van der Waals surface area contributed by atoms with Gasteiger partial charge in [0.15, 0.2) is 0 Å². The molecule has 0 unspecified atom stereocenters. The van der Waals surface area contributed by atoms with E-state index in [9.17, 15) is 0 Å². The number of benzene rings is 4. The van der Waals surface area contributed by atoms with Crippen molar-refractivity contribution >= 4 is 11.1 Å². The Balaban J connectivity index is 1.42. The normalized spacial score (nSPS) is 10.4. The lowest BCUT2D eigenvalue weighted by molar-refractivity contribution is 0.414. The van der Waals surface area contributed by atoms with Crippen molar-refractivity contribution in [3.8, 4) is 23.0 Å². The third-order valence-corrected chi connectivity index (χ3v) is 7.21. The van der Waals surface area contributed by atoms with Gasteiger partial charge in [-0.2, -0.15) is 0 Å². The van der Waals surface area contributed by atoms with Gasteiger partial charge in [0.25, 0.3) is 0 Å². The van der Waals surface area contributed by atoms with Crippen molar-refractivity contribution in [1.29, 1.82) is 0 Å². The Morgan fingerprint density at radius 2 is 0.634 bits per heavy atom. The van der Waals surface area contributed by atoms with Crippen LogP contribution in [0.25, 0.3) is 11.1 Å². The van der Waals surface area contributed by atoms with Gasteiger partial charge in [-0.05, 0) is 108 Å². The summed E-state index contributed by atoms with van der Waals surface area (Å²) in [5.41, 5.74) is 7.20. The van der Waals surface area contributed by atoms with Crippen molar-refractivity contribution in [2.24, 2.45) is 0 Å². The van der Waals surface area contributed by atoms with Crippen molar-refractivity contribution in [2.75, 3.05) is 28.4 Å². The van der Waals surface area contributed by atoms with Crippen LogP contribution in [0.2, 0.25) is 0 Å². The number of rotatable bonds is 14. The topological polar surface area (TPSA) is 36.9 Å². The van der Waals surface area contributed by atoms with Crippen LogP contribution in [-0.4, -0.2) is 28.4 Å². The summed E-state index contributed by atoms with van der Waals surface area (Å²) < 4.78 is 21.5. The van der Waals surface area contributed by atoms with Gasteiger partial charge < -0.3 is 18.9 Å². The first-order chi connectivity index (χ1) is 20.1. The van der Waals surface area contributed by atoms with E-state index in [1.807, 2.05) is 48.5 Å². The summed E-state index contributed by atoms with van der Waals surface area (Å²) in [4.78, 5) is 0. The van der Waals surface area contributed by atoms with Crippen LogP contribution in [0.5, 0.6) is 23.0 Å². The first-order valence-corrected chi connectivity index (χ1v) is 14.1. The SMILES string of the molecule is COc1ccc(C(=CCCCCCC=C(c2ccc(OC)cc2)c2ccc(OC)cc2)c2ccc(OC)cc2)cc1. The van der Waals surface area contributed by atoms with Crippen LogP contribution in [-0.2, 0) is 0 Å². The van der Waals surface area contributed by atoms with Gasteiger partial charge in [0.2, 0.25) is 0 Å². The summed E-state index contributed by atoms with van der Waals surface area (Å²) in [7, 11) is 6.78. The molecule has 0 bridgehead atoms. The van der Waals surface area contributed by atoms with E-state index in [1.54, 1.807) is 28.4 Å². The highest BCUT2D eigenvalue weighted by Gasteiger charge is 2.08. The molecular formula is C37H40O4. The van der Waals surface area contributed by atoms with E-state index in [1.165, 1.54) is 33.4 Å². The van der Waals surface area contributed by atoms with E-state index in [-0.39, 0.29) is 0 Å². The third kappa shape index (κ3) is 8.28. The molecule has 0 amide bonds. The fraction of sp³-hybridized carbons (Fsp3) is 0.243. The molecule has 4 aromatic carbocycles. The molecule has 41 heavy (non-hydrogen) atoms. The van der Waals surface area contributed by atoms with Gasteiger partial charge in [0.05, 0.1) is 28.4 Å². The zero-order chi connectivity index (χ0) is 28.9. The highest BCUT2D eigenvalue weighted by Crippen LogP contribution is 2.29. The number of hydrogen-bond donors (Lipinski definition) is 0. The Morgan fingerprint density at radius 3 is 0.854 bits per heavy atom. The first-order valence-electron chi connectivity index (χ1n) is 14.1. The maximum absolute atomic E-state index is 5.36. The summed E-state index contributed by atoms with van der Waals surface area (Å²) in [6, 6.07) is 33.1. The lowest BCUT2D eigenvalue weighted by atomic mass is 9.95. The van der Waals surface area contributed by atoms with E-state index in [4.69, 9.17) is 18.9 Å². The maximum atomic E-state index is 5.36. The van der Waals surface area contributed by atoms with Gasteiger partial charge in [-0.1, -0.05) is 67.1 Å². The quantitative estimate of drug-likeness (QED) is 0.147. The van der Waals surface area contributed by atoms with Crippen molar-refractivity contribution in [2.45, 2.75) is 32.1 Å². The smallest absolute Gasteiger partial charge is 0.118 e. The third-order valence-electron chi connectivity index (χ3n) is 7.21. The van der Waals surface area contributed by atoms with Crippen LogP contribution < -0.4 is 18.9 Å². The summed E-state index contributed by atoms with van der Waals surface area (Å²) in [5, 5.41) is 0. The molecule has 0 aliphatic rings. The van der Waals surface area contributed by atoms with Crippen LogP contribution in [0.15, 0.2) is 109 Å². The summed E-state index contributed by atoms with van der Waals surface area (Å²) in [6.45, 7) is 0. The number of methoxy groups -OCH3 is 4. The monoisotopic (exact) mass is 548 g/mol. The van der Waals surface area contributed by atoms with Crippen molar-refractivity contribution in [3.63, 3.8) is 0 Å². The van der Waals surface area contributed by atoms with E-state index in [2.05, 4.69) is 60.7 Å². The molecule has 212 valence electrons. The molecule has 0 aromatic heterocycles. The van der Waals surface area contributed by atoms with Crippen LogP contribution in [0, 0.1) is 0 Å². The predicted octanol–water partition coefficient (Wildman–Crippen LogP) is 9.24. The fourth-order valence-corrected chi connectivity index (χ4v) is 4.85. The second-order valence-corrected chi connectivity index (χ2v) is 9.79. The highest BCUT2D eigenvalue weighted by molar-refractivity contribution is 5.81. The molecule has 0 N–H and O–H groups in total. The second-order valence-electron chi connectivity index (χ2n) is 9.79. The van der Waals surface area contributed by atoms with Crippen LogP contribution in [0.3, 0.4) is 0 Å². The molecule has 4 heteroatoms. The van der Waals surface area contributed by atoms with Gasteiger partial charge in [-0.25, -0.2) is 0 Å². The predicted molar refractivity (Wildman–Crippen MR) is 169 cm³/mol. The molecule has 0 aliphatic carbocycles. The fourth-order valence-electron chi connectivity index (χ4n) is 4.85. The minimum Gasteiger partial charge on any atom is -0.497 e. The van der Waals surface area contributed by atoms with Crippen LogP contribution in [0.4, 0.5) is 0 Å². The van der Waals surface area contributed by atoms with E-state index in [0.717, 1.165) is 55.1 Å². The molecule has 0 atom stereocenters. The Morgan fingerprint density at radius 1 is 0.390 bits per heavy atom. The Bertz CT molecular complexity index is 1190. The zero-order valence-corrected chi connectivity index (χ0v) is 24.6. The van der Waals surface area contributed by atoms with Crippen LogP contribution >= 0.6 is 0 Å². The van der Waals surface area contributed by atoms with Gasteiger partial charge in [-0.15, -0.1) is 0 Å². The molecule has 4 aromatic rings. The largest absolute Gasteiger partial charge is 0.497 e. The molecule has 0 fully saturated rings. The lowest BCUT2D eigenvalue weighted by Crippen LogP contribution is -1.91. The molecule has 0 spiro atoms. The molecule has 0 aliphatic heterocycles. The van der Waals surface area contributed by atoms with Gasteiger partial charge >= 0.3 is 0 Å².